The number of hydrogen-bond acceptors (Lipinski definition) is 2. The Morgan fingerprint density at radius 1 is 1.47 bits per heavy atom. The molecule has 1 saturated heterocycles. The number of amides is 1. The van der Waals surface area contributed by atoms with Crippen LogP contribution < -0.4 is 5.32 Å². The average Bonchev–Trinajstić information content (AvgIpc) is 2.92. The molecule has 1 aromatic carbocycles. The molecule has 2 heterocycles. The summed E-state index contributed by atoms with van der Waals surface area (Å²) in [7, 11) is 0. The predicted molar refractivity (Wildman–Crippen MR) is 78.6 cm³/mol. The van der Waals surface area contributed by atoms with Crippen LogP contribution in [-0.2, 0) is 16.0 Å². The second-order valence-corrected chi connectivity index (χ2v) is 6.54. The second-order valence-electron chi connectivity index (χ2n) is 5.22. The molecule has 19 heavy (non-hydrogen) atoms. The summed E-state index contributed by atoms with van der Waals surface area (Å²) in [6, 6.07) is 3.95. The molecule has 0 aromatic heterocycles. The van der Waals surface area contributed by atoms with E-state index < -0.39 is 0 Å². The quantitative estimate of drug-likeness (QED) is 0.829. The van der Waals surface area contributed by atoms with E-state index in [4.69, 9.17) is 16.3 Å². The Morgan fingerprint density at radius 2 is 2.26 bits per heavy atom. The highest BCUT2D eigenvalue weighted by molar-refractivity contribution is 9.10. The topological polar surface area (TPSA) is 38.3 Å². The van der Waals surface area contributed by atoms with Gasteiger partial charge in [-0.15, -0.1) is 11.6 Å². The third-order valence-electron chi connectivity index (χ3n) is 3.74. The Labute approximate surface area is 125 Å². The highest BCUT2D eigenvalue weighted by Gasteiger charge is 2.31. The van der Waals surface area contributed by atoms with Crippen LogP contribution in [0, 0.1) is 0 Å². The summed E-state index contributed by atoms with van der Waals surface area (Å²) in [6.07, 6.45) is 2.80. The van der Waals surface area contributed by atoms with E-state index in [-0.39, 0.29) is 23.5 Å². The molecule has 1 N–H and O–H groups in total. The van der Waals surface area contributed by atoms with Crippen molar-refractivity contribution in [2.24, 2.45) is 0 Å². The number of ether oxygens (including phenoxy) is 1. The monoisotopic (exact) mass is 343 g/mol. The third-order valence-corrected chi connectivity index (χ3v) is 4.94. The van der Waals surface area contributed by atoms with Gasteiger partial charge in [0.1, 0.15) is 0 Å². The van der Waals surface area contributed by atoms with Crippen molar-refractivity contribution in [1.82, 2.24) is 0 Å². The van der Waals surface area contributed by atoms with E-state index >= 15 is 0 Å². The minimum Gasteiger partial charge on any atom is -0.373 e. The molecule has 0 bridgehead atoms. The Morgan fingerprint density at radius 3 is 2.95 bits per heavy atom. The van der Waals surface area contributed by atoms with Gasteiger partial charge in [0.05, 0.1) is 24.0 Å². The van der Waals surface area contributed by atoms with Crippen molar-refractivity contribution in [2.75, 3.05) is 5.32 Å². The standard InChI is InChI=1S/C14H15BrClNO2/c1-7-2-3-12(19-7)14(16)9-4-8-5-13(18)17-11(8)6-10(9)15/h4,6-7,12,14H,2-3,5H2,1H3,(H,17,18). The Bertz CT molecular complexity index is 534. The van der Waals surface area contributed by atoms with Crippen molar-refractivity contribution in [1.29, 1.82) is 0 Å². The van der Waals surface area contributed by atoms with Crippen LogP contribution in [0.1, 0.15) is 36.3 Å². The van der Waals surface area contributed by atoms with Gasteiger partial charge < -0.3 is 10.1 Å². The lowest BCUT2D eigenvalue weighted by molar-refractivity contribution is -0.115. The van der Waals surface area contributed by atoms with E-state index in [0.29, 0.717) is 6.42 Å². The predicted octanol–water partition coefficient (Wildman–Crippen LogP) is 3.79. The molecule has 3 atom stereocenters. The van der Waals surface area contributed by atoms with Crippen LogP contribution in [0.4, 0.5) is 5.69 Å². The fraction of sp³-hybridized carbons (Fsp3) is 0.500. The molecule has 0 saturated carbocycles. The maximum atomic E-state index is 11.4. The highest BCUT2D eigenvalue weighted by Crippen LogP contribution is 2.40. The lowest BCUT2D eigenvalue weighted by Crippen LogP contribution is -2.15. The summed E-state index contributed by atoms with van der Waals surface area (Å²) in [5.41, 5.74) is 2.90. The maximum Gasteiger partial charge on any atom is 0.228 e. The first-order chi connectivity index (χ1) is 9.04. The number of carbonyl (C=O) groups excluding carboxylic acids is 1. The molecule has 0 aliphatic carbocycles. The molecule has 1 amide bonds. The summed E-state index contributed by atoms with van der Waals surface area (Å²) in [4.78, 5) is 11.4. The van der Waals surface area contributed by atoms with Gasteiger partial charge in [0.25, 0.3) is 0 Å². The lowest BCUT2D eigenvalue weighted by Gasteiger charge is -2.20. The first-order valence-electron chi connectivity index (χ1n) is 6.46. The smallest absolute Gasteiger partial charge is 0.228 e. The van der Waals surface area contributed by atoms with Crippen molar-refractivity contribution in [3.63, 3.8) is 0 Å². The zero-order valence-corrected chi connectivity index (χ0v) is 12.9. The number of anilines is 1. The number of rotatable bonds is 2. The summed E-state index contributed by atoms with van der Waals surface area (Å²) in [5.74, 6) is 0.0379. The van der Waals surface area contributed by atoms with Crippen molar-refractivity contribution < 1.29 is 9.53 Å². The molecule has 3 unspecified atom stereocenters. The van der Waals surface area contributed by atoms with Crippen LogP contribution in [0.3, 0.4) is 0 Å². The van der Waals surface area contributed by atoms with E-state index in [0.717, 1.165) is 34.1 Å². The second kappa shape index (κ2) is 5.08. The molecule has 0 radical (unpaired) electrons. The molecule has 0 spiro atoms. The lowest BCUT2D eigenvalue weighted by atomic mass is 10.0. The van der Waals surface area contributed by atoms with Gasteiger partial charge in [0, 0.05) is 10.2 Å². The van der Waals surface area contributed by atoms with Gasteiger partial charge in [0.2, 0.25) is 5.91 Å². The number of hydrogen-bond donors (Lipinski definition) is 1. The van der Waals surface area contributed by atoms with Gasteiger partial charge in [0.15, 0.2) is 0 Å². The first-order valence-corrected chi connectivity index (χ1v) is 7.69. The molecule has 3 rings (SSSR count). The fourth-order valence-electron chi connectivity index (χ4n) is 2.73. The molecule has 2 aliphatic rings. The van der Waals surface area contributed by atoms with Crippen LogP contribution in [-0.4, -0.2) is 18.1 Å². The molecule has 1 fully saturated rings. The number of alkyl halides is 1. The summed E-state index contributed by atoms with van der Waals surface area (Å²) in [5, 5.41) is 2.66. The zero-order valence-electron chi connectivity index (χ0n) is 10.6. The van der Waals surface area contributed by atoms with Gasteiger partial charge in [-0.1, -0.05) is 22.0 Å². The number of halogens is 2. The van der Waals surface area contributed by atoms with Crippen LogP contribution in [0.5, 0.6) is 0 Å². The van der Waals surface area contributed by atoms with E-state index in [1.165, 1.54) is 0 Å². The van der Waals surface area contributed by atoms with Gasteiger partial charge >= 0.3 is 0 Å². The molecule has 3 nitrogen and oxygen atoms in total. The molecule has 1 aromatic rings. The van der Waals surface area contributed by atoms with E-state index in [1.54, 1.807) is 0 Å². The highest BCUT2D eigenvalue weighted by atomic mass is 79.9. The molecular weight excluding hydrogens is 330 g/mol. The number of fused-ring (bicyclic) bond motifs is 1. The van der Waals surface area contributed by atoms with Crippen molar-refractivity contribution in [2.45, 2.75) is 43.8 Å². The SMILES string of the molecule is CC1CCC(C(Cl)c2cc3c(cc2Br)NC(=O)C3)O1. The van der Waals surface area contributed by atoms with Gasteiger partial charge in [-0.2, -0.15) is 0 Å². The summed E-state index contributed by atoms with van der Waals surface area (Å²) in [6.45, 7) is 2.07. The minimum absolute atomic E-state index is 0.0379. The van der Waals surface area contributed by atoms with Crippen molar-refractivity contribution in [3.8, 4) is 0 Å². The Balaban J connectivity index is 1.89. The van der Waals surface area contributed by atoms with Crippen molar-refractivity contribution in [3.05, 3.63) is 27.7 Å². The summed E-state index contributed by atoms with van der Waals surface area (Å²) >= 11 is 10.1. The number of benzene rings is 1. The first kappa shape index (κ1) is 13.4. The molecule has 102 valence electrons. The Hall–Kier alpha value is -0.580. The van der Waals surface area contributed by atoms with Crippen LogP contribution in [0.25, 0.3) is 0 Å². The third kappa shape index (κ3) is 2.54. The van der Waals surface area contributed by atoms with Crippen LogP contribution in [0.2, 0.25) is 0 Å². The fourth-order valence-corrected chi connectivity index (χ4v) is 3.82. The Kier molecular flexibility index (Phi) is 3.58. The molecular formula is C14H15BrClNO2. The van der Waals surface area contributed by atoms with Gasteiger partial charge in [-0.3, -0.25) is 4.79 Å². The average molecular weight is 345 g/mol. The molecule has 2 aliphatic heterocycles. The number of carbonyl (C=O) groups is 1. The van der Waals surface area contributed by atoms with Crippen molar-refractivity contribution >= 4 is 39.1 Å². The number of nitrogens with one attached hydrogen (secondary N) is 1. The maximum absolute atomic E-state index is 11.4. The van der Waals surface area contributed by atoms with Crippen LogP contribution >= 0.6 is 27.5 Å². The van der Waals surface area contributed by atoms with Crippen LogP contribution in [0.15, 0.2) is 16.6 Å². The van der Waals surface area contributed by atoms with Gasteiger partial charge in [-0.05, 0) is 37.0 Å². The van der Waals surface area contributed by atoms with E-state index in [9.17, 15) is 4.79 Å². The van der Waals surface area contributed by atoms with E-state index in [2.05, 4.69) is 28.2 Å². The summed E-state index contributed by atoms with van der Waals surface area (Å²) < 4.78 is 6.77. The normalized spacial score (nSPS) is 27.2. The minimum atomic E-state index is -0.180. The molecule has 5 heteroatoms. The zero-order chi connectivity index (χ0) is 13.6. The van der Waals surface area contributed by atoms with E-state index in [1.807, 2.05) is 12.1 Å². The van der Waals surface area contributed by atoms with Gasteiger partial charge in [-0.25, -0.2) is 0 Å². The largest absolute Gasteiger partial charge is 0.373 e.